The zero-order chi connectivity index (χ0) is 31.8. The summed E-state index contributed by atoms with van der Waals surface area (Å²) in [4.78, 5) is -4.04. The van der Waals surface area contributed by atoms with E-state index in [-0.39, 0.29) is 0 Å². The van der Waals surface area contributed by atoms with Crippen LogP contribution in [-0.2, 0) is 49.9 Å². The quantitative estimate of drug-likeness (QED) is 0.245. The van der Waals surface area contributed by atoms with Crippen LogP contribution in [0.2, 0.25) is 10.0 Å². The second-order valence-electron chi connectivity index (χ2n) is 8.49. The Kier molecular flexibility index (Phi) is 9.14. The number of sulfonamides is 4. The average molecular weight is 726 g/mol. The van der Waals surface area contributed by atoms with Crippen LogP contribution in [0.3, 0.4) is 0 Å². The van der Waals surface area contributed by atoms with Gasteiger partial charge in [0.25, 0.3) is 40.1 Å². The Hall–Kier alpha value is -2.87. The highest BCUT2D eigenvalue weighted by molar-refractivity contribution is 8.05. The van der Waals surface area contributed by atoms with Gasteiger partial charge in [0, 0.05) is 0 Å². The van der Waals surface area contributed by atoms with Gasteiger partial charge >= 0.3 is 0 Å². The third kappa shape index (κ3) is 7.11. The third-order valence-corrected chi connectivity index (χ3v) is 15.3. The third-order valence-electron chi connectivity index (χ3n) is 5.55. The van der Waals surface area contributed by atoms with Crippen molar-refractivity contribution < 1.29 is 42.1 Å². The molecular formula is C24H18Cl2N2O10S5. The lowest BCUT2D eigenvalue weighted by atomic mass is 10.3. The van der Waals surface area contributed by atoms with Gasteiger partial charge in [-0.3, -0.25) is 0 Å². The maximum atomic E-state index is 13.5. The van der Waals surface area contributed by atoms with E-state index < -0.39 is 89.3 Å². The van der Waals surface area contributed by atoms with E-state index in [1.807, 2.05) is 0 Å². The molecule has 0 saturated heterocycles. The predicted molar refractivity (Wildman–Crippen MR) is 156 cm³/mol. The van der Waals surface area contributed by atoms with E-state index in [1.165, 1.54) is 44.7 Å². The van der Waals surface area contributed by atoms with Gasteiger partial charge in [0.15, 0.2) is 0 Å². The van der Waals surface area contributed by atoms with Crippen molar-refractivity contribution in [3.63, 3.8) is 0 Å². The minimum absolute atomic E-state index is 0.392. The zero-order valence-corrected chi connectivity index (χ0v) is 26.7. The van der Waals surface area contributed by atoms with Crippen molar-refractivity contribution in [3.8, 4) is 0 Å². The summed E-state index contributed by atoms with van der Waals surface area (Å²) in [6.07, 6.45) is 0. The molecule has 0 radical (unpaired) electrons. The molecule has 0 aliphatic rings. The Balaban J connectivity index is 1.74. The van der Waals surface area contributed by atoms with Gasteiger partial charge in [-0.25, -0.2) is 42.1 Å². The molecular weight excluding hydrogens is 708 g/mol. The first-order chi connectivity index (χ1) is 19.9. The fourth-order valence-corrected chi connectivity index (χ4v) is 11.9. The molecule has 4 rings (SSSR count). The topological polar surface area (TPSA) is 195 Å². The predicted octanol–water partition coefficient (Wildman–Crippen LogP) is 3.16. The van der Waals surface area contributed by atoms with Gasteiger partial charge in [0.1, 0.15) is 9.79 Å². The molecule has 0 bridgehead atoms. The van der Waals surface area contributed by atoms with Crippen LogP contribution in [-0.4, -0.2) is 42.1 Å². The van der Waals surface area contributed by atoms with Crippen molar-refractivity contribution in [1.29, 1.82) is 0 Å². The second kappa shape index (κ2) is 11.9. The van der Waals surface area contributed by atoms with Crippen LogP contribution in [0.25, 0.3) is 0 Å². The van der Waals surface area contributed by atoms with Gasteiger partial charge in [-0.15, -0.1) is 8.25 Å². The molecule has 0 heterocycles. The zero-order valence-electron chi connectivity index (χ0n) is 21.1. The van der Waals surface area contributed by atoms with E-state index in [0.717, 1.165) is 48.5 Å². The molecule has 4 aromatic carbocycles. The van der Waals surface area contributed by atoms with Gasteiger partial charge in [-0.2, -0.15) is 0 Å². The molecule has 0 amide bonds. The molecule has 0 atom stereocenters. The van der Waals surface area contributed by atoms with Crippen molar-refractivity contribution >= 4 is 73.1 Å². The van der Waals surface area contributed by atoms with E-state index in [9.17, 15) is 42.1 Å². The standard InChI is InChI=1S/C24H18Cl2N2O10S5/c25-21-13-11-19(15-23(21)42(35,36)27-40(31,32)17-7-3-1-4-8-17)39(29,30)20-12-14-22(26)24(16-20)43(37,38)28-41(33,34)18-9-5-2-6-10-18/h1-16,27-28H. The highest BCUT2D eigenvalue weighted by Gasteiger charge is 2.31. The molecule has 12 nitrogen and oxygen atoms in total. The first-order valence-electron chi connectivity index (χ1n) is 11.4. The summed E-state index contributed by atoms with van der Waals surface area (Å²) in [6, 6.07) is 17.7. The summed E-state index contributed by atoms with van der Waals surface area (Å²) in [5.41, 5.74) is 0. The lowest BCUT2D eigenvalue weighted by Gasteiger charge is -2.13. The number of hydrogen-bond donors (Lipinski definition) is 2. The van der Waals surface area contributed by atoms with Crippen molar-refractivity contribution in [2.24, 2.45) is 0 Å². The Morgan fingerprint density at radius 2 is 0.721 bits per heavy atom. The largest absolute Gasteiger partial charge is 0.255 e. The summed E-state index contributed by atoms with van der Waals surface area (Å²) in [5.74, 6) is 0. The van der Waals surface area contributed by atoms with Gasteiger partial charge in [-0.1, -0.05) is 59.6 Å². The molecule has 0 aromatic heterocycles. The number of nitrogens with one attached hydrogen (secondary N) is 2. The van der Waals surface area contributed by atoms with Crippen LogP contribution in [0.4, 0.5) is 0 Å². The Morgan fingerprint density at radius 1 is 0.395 bits per heavy atom. The SMILES string of the molecule is O=S(=O)(NS(=O)(=O)c1cc(S(=O)(=O)c2ccc(Cl)c(S(=O)(=O)NS(=O)(=O)c3ccccc3)c2)ccc1Cl)c1ccccc1. The molecule has 2 N–H and O–H groups in total. The molecule has 0 aliphatic heterocycles. The van der Waals surface area contributed by atoms with Gasteiger partial charge in [-0.05, 0) is 60.7 Å². The van der Waals surface area contributed by atoms with Gasteiger partial charge in [0.2, 0.25) is 9.84 Å². The Labute approximate surface area is 258 Å². The normalized spacial score (nSPS) is 13.1. The first kappa shape index (κ1) is 33.0. The average Bonchev–Trinajstić information content (AvgIpc) is 2.93. The van der Waals surface area contributed by atoms with E-state index in [1.54, 1.807) is 0 Å². The summed E-state index contributed by atoms with van der Waals surface area (Å²) >= 11 is 12.0. The molecule has 43 heavy (non-hydrogen) atoms. The van der Waals surface area contributed by atoms with Crippen molar-refractivity contribution in [1.82, 2.24) is 8.25 Å². The fraction of sp³-hybridized carbons (Fsp3) is 0. The summed E-state index contributed by atoms with van der Waals surface area (Å²) in [7, 11) is -23.9. The molecule has 0 fully saturated rings. The molecule has 0 spiro atoms. The van der Waals surface area contributed by atoms with Crippen LogP contribution in [0.1, 0.15) is 0 Å². The van der Waals surface area contributed by atoms with Gasteiger partial charge in [0.05, 0.1) is 29.6 Å². The van der Waals surface area contributed by atoms with Crippen LogP contribution >= 0.6 is 23.2 Å². The van der Waals surface area contributed by atoms with Gasteiger partial charge < -0.3 is 0 Å². The van der Waals surface area contributed by atoms with E-state index in [2.05, 4.69) is 0 Å². The van der Waals surface area contributed by atoms with Crippen molar-refractivity contribution in [2.45, 2.75) is 29.4 Å². The van der Waals surface area contributed by atoms with Crippen LogP contribution in [0.15, 0.2) is 126 Å². The lowest BCUT2D eigenvalue weighted by molar-refractivity contribution is 0.573. The summed E-state index contributed by atoms with van der Waals surface area (Å²) < 4.78 is 132. The van der Waals surface area contributed by atoms with Crippen LogP contribution in [0, 0.1) is 0 Å². The molecule has 0 saturated carbocycles. The van der Waals surface area contributed by atoms with Crippen molar-refractivity contribution in [3.05, 3.63) is 107 Å². The Bertz CT molecular complexity index is 2110. The molecule has 0 unspecified atom stereocenters. The number of sulfone groups is 1. The number of halogens is 2. The Morgan fingerprint density at radius 3 is 1.05 bits per heavy atom. The molecule has 0 aliphatic carbocycles. The number of rotatable bonds is 10. The summed E-state index contributed by atoms with van der Waals surface area (Å²) in [5, 5.41) is -1.05. The minimum Gasteiger partial charge on any atom is -0.219 e. The minimum atomic E-state index is -4.97. The number of benzene rings is 4. The highest BCUT2D eigenvalue weighted by atomic mass is 35.5. The van der Waals surface area contributed by atoms with Crippen LogP contribution in [0.5, 0.6) is 0 Å². The lowest BCUT2D eigenvalue weighted by Crippen LogP contribution is -2.31. The molecule has 4 aromatic rings. The second-order valence-corrected chi connectivity index (χ2v) is 18.4. The number of hydrogen-bond acceptors (Lipinski definition) is 10. The molecule has 228 valence electrons. The maximum Gasteiger partial charge on any atom is 0.255 e. The summed E-state index contributed by atoms with van der Waals surface area (Å²) in [6.45, 7) is 0. The van der Waals surface area contributed by atoms with E-state index >= 15 is 0 Å². The van der Waals surface area contributed by atoms with Crippen molar-refractivity contribution in [2.75, 3.05) is 0 Å². The maximum absolute atomic E-state index is 13.5. The monoisotopic (exact) mass is 724 g/mol. The first-order valence-corrected chi connectivity index (χ1v) is 19.6. The van der Waals surface area contributed by atoms with E-state index in [4.69, 9.17) is 23.2 Å². The van der Waals surface area contributed by atoms with E-state index in [0.29, 0.717) is 12.1 Å². The smallest absolute Gasteiger partial charge is 0.219 e. The fourth-order valence-electron chi connectivity index (χ4n) is 3.52. The molecule has 19 heteroatoms. The van der Waals surface area contributed by atoms with Crippen LogP contribution < -0.4 is 8.25 Å². The highest BCUT2D eigenvalue weighted by Crippen LogP contribution is 2.32.